The van der Waals surface area contributed by atoms with E-state index in [2.05, 4.69) is 10.3 Å². The van der Waals surface area contributed by atoms with Crippen LogP contribution in [0.5, 0.6) is 0 Å². The number of anilines is 1. The SMILES string of the molecule is CCNc1ncc(S(=O)(=O)NC2(C(F)(F)F)CC2)cc1Cl. The maximum atomic E-state index is 12.8. The van der Waals surface area contributed by atoms with Crippen LogP contribution < -0.4 is 10.0 Å². The van der Waals surface area contributed by atoms with E-state index >= 15 is 0 Å². The number of alkyl halides is 3. The average Bonchev–Trinajstić information content (AvgIpc) is 3.11. The second-order valence-corrected chi connectivity index (χ2v) is 6.81. The zero-order valence-electron chi connectivity index (χ0n) is 11.0. The minimum absolute atomic E-state index is 0.0246. The Bertz CT molecular complexity index is 645. The van der Waals surface area contributed by atoms with Crippen LogP contribution in [0.4, 0.5) is 19.0 Å². The minimum atomic E-state index is -4.62. The molecule has 10 heteroatoms. The van der Waals surface area contributed by atoms with Gasteiger partial charge in [-0.15, -0.1) is 0 Å². The molecule has 0 spiro atoms. The average molecular weight is 344 g/mol. The highest BCUT2D eigenvalue weighted by Crippen LogP contribution is 2.49. The Balaban J connectivity index is 2.27. The van der Waals surface area contributed by atoms with E-state index in [4.69, 9.17) is 11.6 Å². The van der Waals surface area contributed by atoms with Crippen LogP contribution in [0.15, 0.2) is 17.2 Å². The highest BCUT2D eigenvalue weighted by molar-refractivity contribution is 7.89. The lowest BCUT2D eigenvalue weighted by Gasteiger charge is -2.20. The molecule has 0 aliphatic heterocycles. The molecule has 0 saturated heterocycles. The maximum absolute atomic E-state index is 12.8. The number of halogens is 4. The first-order chi connectivity index (χ1) is 9.61. The Labute approximate surface area is 124 Å². The summed E-state index contributed by atoms with van der Waals surface area (Å²) in [6, 6.07) is 1.07. The van der Waals surface area contributed by atoms with Crippen molar-refractivity contribution in [3.8, 4) is 0 Å². The van der Waals surface area contributed by atoms with Crippen molar-refractivity contribution in [1.82, 2.24) is 9.71 Å². The summed E-state index contributed by atoms with van der Waals surface area (Å²) in [6.45, 7) is 2.32. The molecule has 0 aromatic carbocycles. The highest BCUT2D eigenvalue weighted by Gasteiger charge is 2.65. The van der Waals surface area contributed by atoms with Gasteiger partial charge in [-0.2, -0.15) is 17.9 Å². The van der Waals surface area contributed by atoms with Crippen molar-refractivity contribution in [3.63, 3.8) is 0 Å². The molecule has 0 unspecified atom stereocenters. The molecule has 0 bridgehead atoms. The van der Waals surface area contributed by atoms with Crippen molar-refractivity contribution >= 4 is 27.4 Å². The molecule has 1 saturated carbocycles. The van der Waals surface area contributed by atoms with Crippen LogP contribution in [0.1, 0.15) is 19.8 Å². The number of sulfonamides is 1. The molecule has 1 fully saturated rings. The fourth-order valence-corrected chi connectivity index (χ4v) is 3.46. The summed E-state index contributed by atoms with van der Waals surface area (Å²) in [5.41, 5.74) is -2.36. The molecule has 1 aliphatic carbocycles. The van der Waals surface area contributed by atoms with E-state index in [1.165, 1.54) is 0 Å². The van der Waals surface area contributed by atoms with Crippen molar-refractivity contribution in [2.75, 3.05) is 11.9 Å². The van der Waals surface area contributed by atoms with E-state index in [9.17, 15) is 21.6 Å². The van der Waals surface area contributed by atoms with Crippen LogP contribution in [0.2, 0.25) is 5.02 Å². The quantitative estimate of drug-likeness (QED) is 0.862. The van der Waals surface area contributed by atoms with Crippen LogP contribution in [0.25, 0.3) is 0 Å². The monoisotopic (exact) mass is 343 g/mol. The van der Waals surface area contributed by atoms with Gasteiger partial charge < -0.3 is 5.32 Å². The minimum Gasteiger partial charge on any atom is -0.369 e. The number of nitrogens with one attached hydrogen (secondary N) is 2. The number of hydrogen-bond donors (Lipinski definition) is 2. The number of nitrogens with zero attached hydrogens (tertiary/aromatic N) is 1. The summed E-state index contributed by atoms with van der Waals surface area (Å²) < 4.78 is 64.2. The molecule has 0 radical (unpaired) electrons. The number of aromatic nitrogens is 1. The van der Waals surface area contributed by atoms with Crippen molar-refractivity contribution < 1.29 is 21.6 Å². The van der Waals surface area contributed by atoms with E-state index in [0.717, 1.165) is 12.3 Å². The molecule has 1 heterocycles. The highest BCUT2D eigenvalue weighted by atomic mass is 35.5. The number of rotatable bonds is 5. The van der Waals surface area contributed by atoms with Gasteiger partial charge in [-0.25, -0.2) is 13.4 Å². The van der Waals surface area contributed by atoms with Crippen LogP contribution in [-0.4, -0.2) is 31.7 Å². The summed E-state index contributed by atoms with van der Waals surface area (Å²) in [6.07, 6.45) is -4.20. The molecular formula is C11H13ClF3N3O2S. The smallest absolute Gasteiger partial charge is 0.369 e. The fourth-order valence-electron chi connectivity index (χ4n) is 1.75. The largest absolute Gasteiger partial charge is 0.407 e. The summed E-state index contributed by atoms with van der Waals surface area (Å²) in [7, 11) is -4.34. The second kappa shape index (κ2) is 5.29. The van der Waals surface area contributed by atoms with Crippen molar-refractivity contribution in [1.29, 1.82) is 0 Å². The van der Waals surface area contributed by atoms with E-state index in [1.807, 2.05) is 0 Å². The third-order valence-electron chi connectivity index (χ3n) is 3.09. The van der Waals surface area contributed by atoms with Gasteiger partial charge in [-0.1, -0.05) is 11.6 Å². The van der Waals surface area contributed by atoms with Gasteiger partial charge in [0.05, 0.1) is 5.02 Å². The standard InChI is InChI=1S/C11H13ClF3N3O2S/c1-2-16-9-8(12)5-7(6-17-9)21(19,20)18-10(3-4-10)11(13,14)15/h5-6,18H,2-4H2,1H3,(H,16,17). The molecule has 5 nitrogen and oxygen atoms in total. The lowest BCUT2D eigenvalue weighted by Crippen LogP contribution is -2.47. The van der Waals surface area contributed by atoms with Gasteiger partial charge >= 0.3 is 6.18 Å². The molecule has 118 valence electrons. The molecule has 0 atom stereocenters. The zero-order valence-corrected chi connectivity index (χ0v) is 12.5. The predicted octanol–water partition coefficient (Wildman–Crippen LogP) is 2.54. The van der Waals surface area contributed by atoms with Crippen molar-refractivity contribution in [2.45, 2.75) is 36.4 Å². The van der Waals surface area contributed by atoms with E-state index in [-0.39, 0.29) is 23.7 Å². The number of pyridine rings is 1. The fraction of sp³-hybridized carbons (Fsp3) is 0.545. The van der Waals surface area contributed by atoms with Crippen LogP contribution in [-0.2, 0) is 10.0 Å². The normalized spacial score (nSPS) is 17.6. The molecule has 2 rings (SSSR count). The molecule has 2 N–H and O–H groups in total. The molecule has 1 aromatic heterocycles. The van der Waals surface area contributed by atoms with Gasteiger partial charge in [-0.05, 0) is 25.8 Å². The summed E-state index contributed by atoms with van der Waals surface area (Å²) >= 11 is 5.85. The molecule has 0 amide bonds. The molecular weight excluding hydrogens is 331 g/mol. The lowest BCUT2D eigenvalue weighted by atomic mass is 10.3. The first-order valence-corrected chi connectivity index (χ1v) is 7.97. The predicted molar refractivity (Wildman–Crippen MR) is 71.8 cm³/mol. The Hall–Kier alpha value is -1.06. The van der Waals surface area contributed by atoms with E-state index in [1.54, 1.807) is 11.6 Å². The number of hydrogen-bond acceptors (Lipinski definition) is 4. The van der Waals surface area contributed by atoms with Crippen LogP contribution in [0.3, 0.4) is 0 Å². The van der Waals surface area contributed by atoms with Crippen molar-refractivity contribution in [2.24, 2.45) is 0 Å². The second-order valence-electron chi connectivity index (χ2n) is 4.72. The lowest BCUT2D eigenvalue weighted by molar-refractivity contribution is -0.160. The van der Waals surface area contributed by atoms with Gasteiger partial charge in [0.25, 0.3) is 0 Å². The Morgan fingerprint density at radius 3 is 2.48 bits per heavy atom. The zero-order chi connectivity index (χ0) is 15.9. The summed E-state index contributed by atoms with van der Waals surface area (Å²) in [4.78, 5) is 3.40. The van der Waals surface area contributed by atoms with Gasteiger partial charge in [0.2, 0.25) is 10.0 Å². The van der Waals surface area contributed by atoms with Gasteiger partial charge in [0.1, 0.15) is 16.3 Å². The Kier molecular flexibility index (Phi) is 4.11. The Morgan fingerprint density at radius 1 is 1.43 bits per heavy atom. The molecule has 1 aromatic rings. The van der Waals surface area contributed by atoms with E-state index < -0.39 is 26.6 Å². The topological polar surface area (TPSA) is 71.1 Å². The van der Waals surface area contributed by atoms with Gasteiger partial charge in [0, 0.05) is 12.7 Å². The van der Waals surface area contributed by atoms with Crippen molar-refractivity contribution in [3.05, 3.63) is 17.3 Å². The molecule has 1 aliphatic rings. The summed E-state index contributed by atoms with van der Waals surface area (Å²) in [5.74, 6) is 0.273. The van der Waals surface area contributed by atoms with Crippen LogP contribution >= 0.6 is 11.6 Å². The summed E-state index contributed by atoms with van der Waals surface area (Å²) in [5, 5.41) is 2.83. The van der Waals surface area contributed by atoms with Gasteiger partial charge in [0.15, 0.2) is 0 Å². The van der Waals surface area contributed by atoms with Crippen LogP contribution in [0, 0.1) is 0 Å². The molecule has 21 heavy (non-hydrogen) atoms. The first-order valence-electron chi connectivity index (χ1n) is 6.11. The third kappa shape index (κ3) is 3.24. The maximum Gasteiger partial charge on any atom is 0.407 e. The first kappa shape index (κ1) is 16.3. The Morgan fingerprint density at radius 2 is 2.05 bits per heavy atom. The van der Waals surface area contributed by atoms with E-state index in [0.29, 0.717) is 6.54 Å². The van der Waals surface area contributed by atoms with Gasteiger partial charge in [-0.3, -0.25) is 0 Å². The third-order valence-corrected chi connectivity index (χ3v) is 4.88.